The zero-order chi connectivity index (χ0) is 22.4. The summed E-state index contributed by atoms with van der Waals surface area (Å²) >= 11 is 0. The molecular weight excluding hydrogens is 392 g/mol. The van der Waals surface area contributed by atoms with Crippen LogP contribution in [-0.2, 0) is 14.3 Å². The number of aryl methyl sites for hydroxylation is 2. The molecular formula is C25H30N2O4. The molecule has 6 heteroatoms. The number of rotatable bonds is 8. The molecule has 3 rings (SSSR count). The number of hydrogen-bond acceptors (Lipinski definition) is 4. The van der Waals surface area contributed by atoms with Crippen LogP contribution in [0.3, 0.4) is 0 Å². The van der Waals surface area contributed by atoms with Gasteiger partial charge in [-0.3, -0.25) is 9.59 Å². The molecule has 0 aromatic heterocycles. The van der Waals surface area contributed by atoms with Crippen molar-refractivity contribution in [3.63, 3.8) is 0 Å². The van der Waals surface area contributed by atoms with Crippen LogP contribution in [0, 0.1) is 19.8 Å². The molecule has 0 spiro atoms. The first-order valence-electron chi connectivity index (χ1n) is 10.8. The molecule has 1 saturated heterocycles. The van der Waals surface area contributed by atoms with Gasteiger partial charge < -0.3 is 15.0 Å². The molecule has 1 atom stereocenters. The zero-order valence-electron chi connectivity index (χ0n) is 18.4. The highest BCUT2D eigenvalue weighted by Crippen LogP contribution is 2.29. The van der Waals surface area contributed by atoms with Gasteiger partial charge >= 0.3 is 5.97 Å². The Morgan fingerprint density at radius 3 is 2.55 bits per heavy atom. The number of anilines is 2. The number of carbonyl (C=O) groups is 3. The highest BCUT2D eigenvalue weighted by Gasteiger charge is 2.35. The van der Waals surface area contributed by atoms with Gasteiger partial charge in [0.25, 0.3) is 0 Å². The number of hydrogen-bond donors (Lipinski definition) is 1. The van der Waals surface area contributed by atoms with Gasteiger partial charge in [-0.2, -0.15) is 0 Å². The van der Waals surface area contributed by atoms with Gasteiger partial charge in [-0.05, 0) is 61.7 Å². The van der Waals surface area contributed by atoms with E-state index >= 15 is 0 Å². The van der Waals surface area contributed by atoms with E-state index in [1.165, 1.54) is 0 Å². The topological polar surface area (TPSA) is 75.7 Å². The standard InChI is InChI=1S/C25H30N2O4/c1-4-5-6-13-31-25(30)19-9-11-21(12-10-19)26-24(29)20-15-23(28)27(16-20)22-14-17(2)7-8-18(22)3/h7-12,14,20H,4-6,13,15-16H2,1-3H3,(H,26,29)/t20-/m0/s1. The third kappa shape index (κ3) is 5.72. The van der Waals surface area contributed by atoms with Crippen molar-refractivity contribution in [3.05, 3.63) is 59.2 Å². The highest BCUT2D eigenvalue weighted by molar-refractivity contribution is 6.04. The van der Waals surface area contributed by atoms with E-state index in [2.05, 4.69) is 12.2 Å². The molecule has 164 valence electrons. The Balaban J connectivity index is 1.57. The van der Waals surface area contributed by atoms with Crippen LogP contribution in [0.15, 0.2) is 42.5 Å². The first kappa shape index (κ1) is 22.5. The van der Waals surface area contributed by atoms with Crippen molar-refractivity contribution in [2.24, 2.45) is 5.92 Å². The van der Waals surface area contributed by atoms with Gasteiger partial charge in [0, 0.05) is 24.3 Å². The Labute approximate surface area is 183 Å². The second kappa shape index (κ2) is 10.2. The van der Waals surface area contributed by atoms with Gasteiger partial charge in [0.15, 0.2) is 0 Å². The number of nitrogens with zero attached hydrogens (tertiary/aromatic N) is 1. The van der Waals surface area contributed by atoms with Crippen LogP contribution in [0.1, 0.15) is 54.1 Å². The van der Waals surface area contributed by atoms with Crippen LogP contribution in [0.4, 0.5) is 11.4 Å². The van der Waals surface area contributed by atoms with Gasteiger partial charge in [0.2, 0.25) is 11.8 Å². The fourth-order valence-corrected chi connectivity index (χ4v) is 3.66. The van der Waals surface area contributed by atoms with Crippen molar-refractivity contribution in [2.45, 2.75) is 46.5 Å². The molecule has 6 nitrogen and oxygen atoms in total. The van der Waals surface area contributed by atoms with Crippen LogP contribution in [-0.4, -0.2) is 30.9 Å². The van der Waals surface area contributed by atoms with E-state index in [1.54, 1.807) is 29.2 Å². The minimum Gasteiger partial charge on any atom is -0.462 e. The maximum atomic E-state index is 12.7. The number of nitrogens with one attached hydrogen (secondary N) is 1. The van der Waals surface area contributed by atoms with Crippen LogP contribution in [0.25, 0.3) is 0 Å². The fraction of sp³-hybridized carbons (Fsp3) is 0.400. The second-order valence-corrected chi connectivity index (χ2v) is 8.10. The SMILES string of the molecule is CCCCCOC(=O)c1ccc(NC(=O)[C@H]2CC(=O)N(c3cc(C)ccc3C)C2)cc1. The summed E-state index contributed by atoms with van der Waals surface area (Å²) in [6.07, 6.45) is 3.14. The molecule has 2 aromatic carbocycles. The predicted molar refractivity (Wildman–Crippen MR) is 121 cm³/mol. The van der Waals surface area contributed by atoms with E-state index < -0.39 is 5.92 Å². The van der Waals surface area contributed by atoms with Crippen molar-refractivity contribution >= 4 is 29.2 Å². The number of carbonyl (C=O) groups excluding carboxylic acids is 3. The Morgan fingerprint density at radius 1 is 1.10 bits per heavy atom. The summed E-state index contributed by atoms with van der Waals surface area (Å²) in [6.45, 7) is 6.82. The summed E-state index contributed by atoms with van der Waals surface area (Å²) in [4.78, 5) is 39.0. The molecule has 1 N–H and O–H groups in total. The van der Waals surface area contributed by atoms with Crippen LogP contribution < -0.4 is 10.2 Å². The molecule has 1 heterocycles. The monoisotopic (exact) mass is 422 g/mol. The van der Waals surface area contributed by atoms with Gasteiger partial charge in [0.1, 0.15) is 0 Å². The highest BCUT2D eigenvalue weighted by atomic mass is 16.5. The van der Waals surface area contributed by atoms with Gasteiger partial charge in [0.05, 0.1) is 18.1 Å². The molecule has 0 aliphatic carbocycles. The number of esters is 1. The van der Waals surface area contributed by atoms with Crippen LogP contribution >= 0.6 is 0 Å². The van der Waals surface area contributed by atoms with Crippen molar-refractivity contribution in [1.29, 1.82) is 0 Å². The maximum Gasteiger partial charge on any atom is 0.338 e. The van der Waals surface area contributed by atoms with E-state index in [9.17, 15) is 14.4 Å². The van der Waals surface area contributed by atoms with Crippen molar-refractivity contribution < 1.29 is 19.1 Å². The lowest BCUT2D eigenvalue weighted by molar-refractivity contribution is -0.122. The van der Waals surface area contributed by atoms with E-state index in [1.807, 2.05) is 32.0 Å². The summed E-state index contributed by atoms with van der Waals surface area (Å²) in [7, 11) is 0. The van der Waals surface area contributed by atoms with E-state index in [4.69, 9.17) is 4.74 Å². The lowest BCUT2D eigenvalue weighted by Gasteiger charge is -2.19. The normalized spacial score (nSPS) is 15.8. The maximum absolute atomic E-state index is 12.7. The van der Waals surface area contributed by atoms with E-state index in [0.717, 1.165) is 36.1 Å². The molecule has 1 aliphatic heterocycles. The van der Waals surface area contributed by atoms with E-state index in [0.29, 0.717) is 24.4 Å². The lowest BCUT2D eigenvalue weighted by atomic mass is 10.1. The summed E-state index contributed by atoms with van der Waals surface area (Å²) < 4.78 is 5.25. The summed E-state index contributed by atoms with van der Waals surface area (Å²) in [6, 6.07) is 12.6. The van der Waals surface area contributed by atoms with Crippen LogP contribution in [0.2, 0.25) is 0 Å². The number of amides is 2. The molecule has 1 fully saturated rings. The predicted octanol–water partition coefficient (Wildman–Crippen LogP) is 4.64. The molecule has 2 aromatic rings. The fourth-order valence-electron chi connectivity index (χ4n) is 3.66. The molecule has 0 saturated carbocycles. The Kier molecular flexibility index (Phi) is 7.45. The number of benzene rings is 2. The molecule has 0 bridgehead atoms. The Hall–Kier alpha value is -3.15. The van der Waals surface area contributed by atoms with Crippen LogP contribution in [0.5, 0.6) is 0 Å². The molecule has 1 aliphatic rings. The number of ether oxygens (including phenoxy) is 1. The zero-order valence-corrected chi connectivity index (χ0v) is 18.4. The minimum atomic E-state index is -0.421. The molecule has 0 radical (unpaired) electrons. The molecule has 31 heavy (non-hydrogen) atoms. The summed E-state index contributed by atoms with van der Waals surface area (Å²) in [5, 5.41) is 2.86. The quantitative estimate of drug-likeness (QED) is 0.497. The Morgan fingerprint density at radius 2 is 1.84 bits per heavy atom. The first-order valence-corrected chi connectivity index (χ1v) is 10.8. The van der Waals surface area contributed by atoms with Gasteiger partial charge in [-0.15, -0.1) is 0 Å². The van der Waals surface area contributed by atoms with Gasteiger partial charge in [-0.1, -0.05) is 31.9 Å². The van der Waals surface area contributed by atoms with Crippen molar-refractivity contribution in [2.75, 3.05) is 23.4 Å². The smallest absolute Gasteiger partial charge is 0.338 e. The van der Waals surface area contributed by atoms with Gasteiger partial charge in [-0.25, -0.2) is 4.79 Å². The first-order chi connectivity index (χ1) is 14.9. The lowest BCUT2D eigenvalue weighted by Crippen LogP contribution is -2.28. The summed E-state index contributed by atoms with van der Waals surface area (Å²) in [5.41, 5.74) is 3.99. The third-order valence-corrected chi connectivity index (χ3v) is 5.52. The molecule has 2 amide bonds. The summed E-state index contributed by atoms with van der Waals surface area (Å²) in [5.74, 6) is -1.03. The number of unbranched alkanes of at least 4 members (excludes halogenated alkanes) is 2. The second-order valence-electron chi connectivity index (χ2n) is 8.10. The average molecular weight is 423 g/mol. The average Bonchev–Trinajstić information content (AvgIpc) is 3.15. The van der Waals surface area contributed by atoms with Crippen molar-refractivity contribution in [3.8, 4) is 0 Å². The third-order valence-electron chi connectivity index (χ3n) is 5.52. The Bertz CT molecular complexity index is 952. The molecule has 0 unspecified atom stereocenters. The van der Waals surface area contributed by atoms with E-state index in [-0.39, 0.29) is 24.2 Å². The minimum absolute atomic E-state index is 0.0463. The largest absolute Gasteiger partial charge is 0.462 e. The van der Waals surface area contributed by atoms with Crippen molar-refractivity contribution in [1.82, 2.24) is 0 Å².